The summed E-state index contributed by atoms with van der Waals surface area (Å²) in [5.74, 6) is 0. The van der Waals surface area contributed by atoms with Crippen LogP contribution in [0.15, 0.2) is 48.7 Å². The molecular formula is C16H17F3N2. The first-order valence-corrected chi connectivity index (χ1v) is 6.72. The van der Waals surface area contributed by atoms with Gasteiger partial charge in [-0.05, 0) is 43.3 Å². The number of likely N-dealkylation sites (N-methyl/N-ethyl adjacent to an activating group) is 1. The van der Waals surface area contributed by atoms with Crippen LogP contribution in [-0.2, 0) is 19.0 Å². The van der Waals surface area contributed by atoms with Gasteiger partial charge in [0.2, 0.25) is 0 Å². The number of hydrogen-bond acceptors (Lipinski definition) is 2. The average molecular weight is 294 g/mol. The standard InChI is InChI=1S/C16H17F3N2/c1-20-15(11-14-4-2-3-9-21-14)10-12-5-7-13(8-6-12)16(17,18)19/h2-9,15,20H,10-11H2,1H3. The van der Waals surface area contributed by atoms with Gasteiger partial charge in [0.05, 0.1) is 5.56 Å². The Bertz CT molecular complexity index is 550. The van der Waals surface area contributed by atoms with Gasteiger partial charge in [0, 0.05) is 24.4 Å². The molecule has 1 aromatic carbocycles. The van der Waals surface area contributed by atoms with E-state index >= 15 is 0 Å². The average Bonchev–Trinajstić information content (AvgIpc) is 2.47. The van der Waals surface area contributed by atoms with E-state index in [1.165, 1.54) is 12.1 Å². The third kappa shape index (κ3) is 4.56. The summed E-state index contributed by atoms with van der Waals surface area (Å²) in [7, 11) is 1.84. The summed E-state index contributed by atoms with van der Waals surface area (Å²) in [6, 6.07) is 11.2. The Morgan fingerprint density at radius 2 is 1.76 bits per heavy atom. The lowest BCUT2D eigenvalue weighted by atomic mass is 10.0. The summed E-state index contributed by atoms with van der Waals surface area (Å²) in [6.45, 7) is 0. The maximum atomic E-state index is 12.5. The van der Waals surface area contributed by atoms with Gasteiger partial charge in [-0.1, -0.05) is 18.2 Å². The van der Waals surface area contributed by atoms with Crippen molar-refractivity contribution >= 4 is 0 Å². The largest absolute Gasteiger partial charge is 0.416 e. The Hall–Kier alpha value is -1.88. The van der Waals surface area contributed by atoms with Gasteiger partial charge in [-0.25, -0.2) is 0 Å². The molecule has 1 atom stereocenters. The van der Waals surface area contributed by atoms with E-state index in [1.54, 1.807) is 6.20 Å². The maximum Gasteiger partial charge on any atom is 0.416 e. The van der Waals surface area contributed by atoms with E-state index in [-0.39, 0.29) is 6.04 Å². The van der Waals surface area contributed by atoms with Crippen LogP contribution in [0.2, 0.25) is 0 Å². The molecule has 0 saturated carbocycles. The fourth-order valence-corrected chi connectivity index (χ4v) is 2.16. The van der Waals surface area contributed by atoms with Crippen LogP contribution in [0.5, 0.6) is 0 Å². The van der Waals surface area contributed by atoms with Crippen molar-refractivity contribution in [2.24, 2.45) is 0 Å². The van der Waals surface area contributed by atoms with Crippen LogP contribution in [0.25, 0.3) is 0 Å². The SMILES string of the molecule is CNC(Cc1ccc(C(F)(F)F)cc1)Cc1ccccn1. The van der Waals surface area contributed by atoms with Crippen LogP contribution in [0.4, 0.5) is 13.2 Å². The van der Waals surface area contributed by atoms with Crippen molar-refractivity contribution in [2.45, 2.75) is 25.1 Å². The van der Waals surface area contributed by atoms with E-state index < -0.39 is 11.7 Å². The molecule has 0 aliphatic rings. The first-order chi connectivity index (χ1) is 9.99. The highest BCUT2D eigenvalue weighted by molar-refractivity contribution is 5.25. The fraction of sp³-hybridized carbons (Fsp3) is 0.312. The van der Waals surface area contributed by atoms with Gasteiger partial charge in [-0.3, -0.25) is 4.98 Å². The summed E-state index contributed by atoms with van der Waals surface area (Å²) in [5, 5.41) is 3.18. The molecule has 1 aromatic heterocycles. The minimum absolute atomic E-state index is 0.136. The Morgan fingerprint density at radius 3 is 2.29 bits per heavy atom. The van der Waals surface area contributed by atoms with E-state index in [4.69, 9.17) is 0 Å². The zero-order valence-corrected chi connectivity index (χ0v) is 11.7. The molecule has 0 spiro atoms. The molecule has 0 aliphatic heterocycles. The topological polar surface area (TPSA) is 24.9 Å². The van der Waals surface area contributed by atoms with Crippen LogP contribution < -0.4 is 5.32 Å². The highest BCUT2D eigenvalue weighted by atomic mass is 19.4. The number of hydrogen-bond donors (Lipinski definition) is 1. The van der Waals surface area contributed by atoms with Gasteiger partial charge in [-0.15, -0.1) is 0 Å². The third-order valence-electron chi connectivity index (χ3n) is 3.35. The lowest BCUT2D eigenvalue weighted by molar-refractivity contribution is -0.137. The number of rotatable bonds is 5. The molecule has 1 unspecified atom stereocenters. The lowest BCUT2D eigenvalue weighted by Crippen LogP contribution is -2.30. The monoisotopic (exact) mass is 294 g/mol. The molecule has 0 bridgehead atoms. The summed E-state index contributed by atoms with van der Waals surface area (Å²) in [4.78, 5) is 4.27. The van der Waals surface area contributed by atoms with Crippen LogP contribution >= 0.6 is 0 Å². The molecule has 0 amide bonds. The van der Waals surface area contributed by atoms with E-state index in [9.17, 15) is 13.2 Å². The van der Waals surface area contributed by atoms with Gasteiger partial charge in [-0.2, -0.15) is 13.2 Å². The highest BCUT2D eigenvalue weighted by Crippen LogP contribution is 2.29. The molecular weight excluding hydrogens is 277 g/mol. The number of nitrogens with zero attached hydrogens (tertiary/aromatic N) is 1. The van der Waals surface area contributed by atoms with E-state index in [0.29, 0.717) is 6.42 Å². The molecule has 2 rings (SSSR count). The van der Waals surface area contributed by atoms with Crippen LogP contribution in [0, 0.1) is 0 Å². The molecule has 112 valence electrons. The molecule has 0 aliphatic carbocycles. The number of pyridine rings is 1. The second-order valence-electron chi connectivity index (χ2n) is 4.91. The van der Waals surface area contributed by atoms with Crippen LogP contribution in [0.1, 0.15) is 16.8 Å². The second kappa shape index (κ2) is 6.72. The molecule has 0 fully saturated rings. The molecule has 0 radical (unpaired) electrons. The molecule has 1 heterocycles. The van der Waals surface area contributed by atoms with E-state index in [2.05, 4.69) is 10.3 Å². The number of nitrogens with one attached hydrogen (secondary N) is 1. The zero-order chi connectivity index (χ0) is 15.3. The first kappa shape index (κ1) is 15.5. The predicted octanol–water partition coefficient (Wildman–Crippen LogP) is 3.47. The van der Waals surface area contributed by atoms with Crippen molar-refractivity contribution in [3.8, 4) is 0 Å². The van der Waals surface area contributed by atoms with Crippen molar-refractivity contribution in [3.05, 3.63) is 65.5 Å². The summed E-state index contributed by atoms with van der Waals surface area (Å²) >= 11 is 0. The quantitative estimate of drug-likeness (QED) is 0.913. The van der Waals surface area contributed by atoms with Gasteiger partial charge in [0.15, 0.2) is 0 Å². The summed E-state index contributed by atoms with van der Waals surface area (Å²) < 4.78 is 37.5. The lowest BCUT2D eigenvalue weighted by Gasteiger charge is -2.16. The van der Waals surface area contributed by atoms with Crippen molar-refractivity contribution in [3.63, 3.8) is 0 Å². The molecule has 5 heteroatoms. The first-order valence-electron chi connectivity index (χ1n) is 6.72. The molecule has 2 nitrogen and oxygen atoms in total. The van der Waals surface area contributed by atoms with Crippen molar-refractivity contribution in [2.75, 3.05) is 7.05 Å². The summed E-state index contributed by atoms with van der Waals surface area (Å²) in [5.41, 5.74) is 1.22. The van der Waals surface area contributed by atoms with E-state index in [1.807, 2.05) is 25.2 Å². The minimum Gasteiger partial charge on any atom is -0.316 e. The van der Waals surface area contributed by atoms with Crippen molar-refractivity contribution in [1.82, 2.24) is 10.3 Å². The number of benzene rings is 1. The van der Waals surface area contributed by atoms with Gasteiger partial charge >= 0.3 is 6.18 Å². The molecule has 0 saturated heterocycles. The number of halogens is 3. The van der Waals surface area contributed by atoms with Crippen LogP contribution in [-0.4, -0.2) is 18.1 Å². The Labute approximate surface area is 122 Å². The van der Waals surface area contributed by atoms with Crippen LogP contribution in [0.3, 0.4) is 0 Å². The molecule has 2 aromatic rings. The van der Waals surface area contributed by atoms with Crippen molar-refractivity contribution < 1.29 is 13.2 Å². The second-order valence-corrected chi connectivity index (χ2v) is 4.91. The van der Waals surface area contributed by atoms with Gasteiger partial charge < -0.3 is 5.32 Å². The third-order valence-corrected chi connectivity index (χ3v) is 3.35. The Kier molecular flexibility index (Phi) is 4.96. The highest BCUT2D eigenvalue weighted by Gasteiger charge is 2.29. The Balaban J connectivity index is 2.02. The Morgan fingerprint density at radius 1 is 1.05 bits per heavy atom. The van der Waals surface area contributed by atoms with Gasteiger partial charge in [0.25, 0.3) is 0 Å². The smallest absolute Gasteiger partial charge is 0.316 e. The fourth-order valence-electron chi connectivity index (χ4n) is 2.16. The zero-order valence-electron chi connectivity index (χ0n) is 11.7. The predicted molar refractivity (Wildman–Crippen MR) is 75.9 cm³/mol. The van der Waals surface area contributed by atoms with E-state index in [0.717, 1.165) is 29.8 Å². The molecule has 1 N–H and O–H groups in total. The maximum absolute atomic E-state index is 12.5. The van der Waals surface area contributed by atoms with Gasteiger partial charge in [0.1, 0.15) is 0 Å². The summed E-state index contributed by atoms with van der Waals surface area (Å²) in [6.07, 6.45) is -1.15. The normalized spacial score (nSPS) is 13.1. The molecule has 21 heavy (non-hydrogen) atoms. The number of aromatic nitrogens is 1. The van der Waals surface area contributed by atoms with Crippen molar-refractivity contribution in [1.29, 1.82) is 0 Å². The minimum atomic E-state index is -4.28. The number of alkyl halides is 3.